The Hall–Kier alpha value is -3.97. The molecule has 0 atom stereocenters. The first kappa shape index (κ1) is 21.3. The number of benzene rings is 3. The molecule has 0 fully saturated rings. The molecule has 32 heavy (non-hydrogen) atoms. The van der Waals surface area contributed by atoms with E-state index in [-0.39, 0.29) is 17.3 Å². The number of carbonyl (C=O) groups excluding carboxylic acids is 1. The number of nitrogens with zero attached hydrogens (tertiary/aromatic N) is 2. The second kappa shape index (κ2) is 9.03. The quantitative estimate of drug-likeness (QED) is 0.215. The van der Waals surface area contributed by atoms with Crippen LogP contribution in [0.15, 0.2) is 77.4 Å². The molecule has 0 bridgehead atoms. The van der Waals surface area contributed by atoms with Gasteiger partial charge in [0.25, 0.3) is 5.69 Å². The smallest absolute Gasteiger partial charge is 0.363 e. The highest BCUT2D eigenvalue weighted by Crippen LogP contribution is 2.26. The van der Waals surface area contributed by atoms with Crippen molar-refractivity contribution in [2.75, 3.05) is 0 Å². The first-order valence-electron chi connectivity index (χ1n) is 9.65. The number of hydrogen-bond donors (Lipinski definition) is 0. The van der Waals surface area contributed by atoms with Crippen LogP contribution in [0, 0.1) is 17.0 Å². The zero-order valence-electron chi connectivity index (χ0n) is 16.9. The molecule has 3 aromatic carbocycles. The summed E-state index contributed by atoms with van der Waals surface area (Å²) in [7, 11) is 0. The standard InChI is InChI=1S/C24H17ClN2O5/c1-15-20(3-2-4-22(15)27(29)30)23-26-21(24(28)32-23)13-16-7-11-19(12-8-16)31-14-17-5-9-18(25)10-6-17/h2-13H,14H2,1H3/b21-13-. The largest absolute Gasteiger partial charge is 0.489 e. The summed E-state index contributed by atoms with van der Waals surface area (Å²) in [4.78, 5) is 27.2. The van der Waals surface area contributed by atoms with Gasteiger partial charge in [-0.1, -0.05) is 41.9 Å². The normalized spacial score (nSPS) is 14.2. The van der Waals surface area contributed by atoms with Crippen LogP contribution in [0.3, 0.4) is 0 Å². The molecule has 0 aliphatic carbocycles. The minimum absolute atomic E-state index is 0.0466. The molecule has 0 spiro atoms. The third-order valence-electron chi connectivity index (χ3n) is 4.86. The average molecular weight is 449 g/mol. The van der Waals surface area contributed by atoms with Crippen molar-refractivity contribution in [1.29, 1.82) is 0 Å². The molecule has 0 aromatic heterocycles. The molecule has 7 nitrogen and oxygen atoms in total. The van der Waals surface area contributed by atoms with Gasteiger partial charge >= 0.3 is 5.97 Å². The predicted octanol–water partition coefficient (Wildman–Crippen LogP) is 5.48. The Bertz CT molecular complexity index is 1250. The lowest BCUT2D eigenvalue weighted by molar-refractivity contribution is -0.385. The van der Waals surface area contributed by atoms with E-state index in [0.29, 0.717) is 28.5 Å². The molecule has 0 N–H and O–H groups in total. The molecule has 0 radical (unpaired) electrons. The van der Waals surface area contributed by atoms with Crippen LogP contribution in [-0.2, 0) is 16.1 Å². The zero-order valence-corrected chi connectivity index (χ0v) is 17.7. The molecule has 0 unspecified atom stereocenters. The van der Waals surface area contributed by atoms with Gasteiger partial charge in [-0.05, 0) is 54.5 Å². The van der Waals surface area contributed by atoms with Crippen molar-refractivity contribution in [1.82, 2.24) is 0 Å². The van der Waals surface area contributed by atoms with E-state index in [1.807, 2.05) is 12.1 Å². The van der Waals surface area contributed by atoms with Crippen molar-refractivity contribution < 1.29 is 19.2 Å². The van der Waals surface area contributed by atoms with E-state index >= 15 is 0 Å². The zero-order chi connectivity index (χ0) is 22.7. The van der Waals surface area contributed by atoms with Crippen LogP contribution in [0.25, 0.3) is 6.08 Å². The lowest BCUT2D eigenvalue weighted by Crippen LogP contribution is -2.08. The number of esters is 1. The van der Waals surface area contributed by atoms with Crippen LogP contribution in [0.2, 0.25) is 5.02 Å². The van der Waals surface area contributed by atoms with Gasteiger partial charge < -0.3 is 9.47 Å². The summed E-state index contributed by atoms with van der Waals surface area (Å²) < 4.78 is 11.0. The summed E-state index contributed by atoms with van der Waals surface area (Å²) in [6.07, 6.45) is 1.59. The average Bonchev–Trinajstić information content (AvgIpc) is 3.14. The van der Waals surface area contributed by atoms with Crippen molar-refractivity contribution in [3.63, 3.8) is 0 Å². The summed E-state index contributed by atoms with van der Waals surface area (Å²) in [5.74, 6) is 0.104. The molecule has 3 aromatic rings. The molecule has 4 rings (SSSR count). The second-order valence-electron chi connectivity index (χ2n) is 7.03. The monoisotopic (exact) mass is 448 g/mol. The van der Waals surface area contributed by atoms with Crippen LogP contribution < -0.4 is 4.74 Å². The lowest BCUT2D eigenvalue weighted by Gasteiger charge is -2.06. The van der Waals surface area contributed by atoms with E-state index in [9.17, 15) is 14.9 Å². The fraction of sp³-hybridized carbons (Fsp3) is 0.0833. The van der Waals surface area contributed by atoms with Gasteiger partial charge in [0.2, 0.25) is 5.90 Å². The van der Waals surface area contributed by atoms with Crippen molar-refractivity contribution >= 4 is 35.2 Å². The minimum Gasteiger partial charge on any atom is -0.489 e. The summed E-state index contributed by atoms with van der Waals surface area (Å²) in [6, 6.07) is 19.1. The molecular formula is C24H17ClN2O5. The summed E-state index contributed by atoms with van der Waals surface area (Å²) in [5.41, 5.74) is 2.56. The molecule has 8 heteroatoms. The Morgan fingerprint density at radius 3 is 2.50 bits per heavy atom. The SMILES string of the molecule is Cc1c(C2=N/C(=C\c3ccc(OCc4ccc(Cl)cc4)cc3)C(=O)O2)cccc1[N+](=O)[O-]. The Labute approximate surface area is 188 Å². The van der Waals surface area contributed by atoms with Crippen molar-refractivity contribution in [3.8, 4) is 5.75 Å². The Kier molecular flexibility index (Phi) is 6.00. The maximum Gasteiger partial charge on any atom is 0.363 e. The Balaban J connectivity index is 1.49. The van der Waals surface area contributed by atoms with E-state index in [4.69, 9.17) is 21.1 Å². The number of ether oxygens (including phenoxy) is 2. The second-order valence-corrected chi connectivity index (χ2v) is 7.46. The van der Waals surface area contributed by atoms with E-state index in [2.05, 4.69) is 4.99 Å². The molecule has 0 amide bonds. The van der Waals surface area contributed by atoms with Crippen molar-refractivity contribution in [2.45, 2.75) is 13.5 Å². The van der Waals surface area contributed by atoms with Crippen LogP contribution in [0.4, 0.5) is 5.69 Å². The van der Waals surface area contributed by atoms with Gasteiger partial charge in [-0.25, -0.2) is 9.79 Å². The molecule has 1 aliphatic rings. The van der Waals surface area contributed by atoms with Gasteiger partial charge in [0.1, 0.15) is 12.4 Å². The Morgan fingerprint density at radius 1 is 1.09 bits per heavy atom. The molecule has 160 valence electrons. The number of rotatable bonds is 6. The van der Waals surface area contributed by atoms with E-state index in [1.54, 1.807) is 55.5 Å². The maximum atomic E-state index is 12.3. The number of nitro groups is 1. The van der Waals surface area contributed by atoms with Crippen LogP contribution in [0.5, 0.6) is 5.75 Å². The highest BCUT2D eigenvalue weighted by molar-refractivity contribution is 6.30. The maximum absolute atomic E-state index is 12.3. The summed E-state index contributed by atoms with van der Waals surface area (Å²) >= 11 is 5.88. The van der Waals surface area contributed by atoms with Crippen molar-refractivity contribution in [2.24, 2.45) is 4.99 Å². The van der Waals surface area contributed by atoms with Gasteiger partial charge in [-0.3, -0.25) is 10.1 Å². The molecule has 0 saturated carbocycles. The fourth-order valence-corrected chi connectivity index (χ4v) is 3.27. The number of cyclic esters (lactones) is 1. The first-order valence-corrected chi connectivity index (χ1v) is 10.0. The van der Waals surface area contributed by atoms with Crippen molar-refractivity contribution in [3.05, 3.63) is 110 Å². The highest BCUT2D eigenvalue weighted by atomic mass is 35.5. The van der Waals surface area contributed by atoms with Crippen LogP contribution in [0.1, 0.15) is 22.3 Å². The number of nitro benzene ring substituents is 1. The summed E-state index contributed by atoms with van der Waals surface area (Å²) in [6.45, 7) is 1.99. The number of carbonyl (C=O) groups is 1. The number of halogens is 1. The third kappa shape index (κ3) is 4.68. The molecule has 1 aliphatic heterocycles. The van der Waals surface area contributed by atoms with E-state index in [1.165, 1.54) is 12.1 Å². The van der Waals surface area contributed by atoms with Crippen LogP contribution >= 0.6 is 11.6 Å². The highest BCUT2D eigenvalue weighted by Gasteiger charge is 2.27. The van der Waals surface area contributed by atoms with Gasteiger partial charge in [0.05, 0.1) is 4.92 Å². The molecule has 0 saturated heterocycles. The predicted molar refractivity (Wildman–Crippen MR) is 121 cm³/mol. The van der Waals surface area contributed by atoms with Gasteiger partial charge in [0.15, 0.2) is 5.70 Å². The third-order valence-corrected chi connectivity index (χ3v) is 5.11. The lowest BCUT2D eigenvalue weighted by atomic mass is 10.1. The molecule has 1 heterocycles. The van der Waals surface area contributed by atoms with E-state index < -0.39 is 10.9 Å². The summed E-state index contributed by atoms with van der Waals surface area (Å²) in [5, 5.41) is 11.8. The van der Waals surface area contributed by atoms with Gasteiger partial charge in [-0.15, -0.1) is 0 Å². The number of hydrogen-bond acceptors (Lipinski definition) is 6. The van der Waals surface area contributed by atoms with Crippen LogP contribution in [-0.4, -0.2) is 16.8 Å². The molecular weight excluding hydrogens is 432 g/mol. The number of aliphatic imine (C=N–C) groups is 1. The first-order chi connectivity index (χ1) is 15.4. The van der Waals surface area contributed by atoms with Gasteiger partial charge in [-0.2, -0.15) is 0 Å². The topological polar surface area (TPSA) is 91.0 Å². The Morgan fingerprint density at radius 2 is 1.81 bits per heavy atom. The van der Waals surface area contributed by atoms with Gasteiger partial charge in [0, 0.05) is 22.2 Å². The minimum atomic E-state index is -0.617. The van der Waals surface area contributed by atoms with E-state index in [0.717, 1.165) is 11.1 Å². The fourth-order valence-electron chi connectivity index (χ4n) is 3.14.